The topological polar surface area (TPSA) is 61.4 Å². The normalized spacial score (nSPS) is 20.5. The maximum Gasteiger partial charge on any atom is 0.228 e. The van der Waals surface area contributed by atoms with Crippen LogP contribution in [0.1, 0.15) is 48.9 Å². The summed E-state index contributed by atoms with van der Waals surface area (Å²) in [6, 6.07) is 14.5. The van der Waals surface area contributed by atoms with Gasteiger partial charge in [0, 0.05) is 31.9 Å². The van der Waals surface area contributed by atoms with Crippen LogP contribution >= 0.6 is 0 Å². The van der Waals surface area contributed by atoms with Gasteiger partial charge in [-0.05, 0) is 67.3 Å². The lowest BCUT2D eigenvalue weighted by Crippen LogP contribution is -2.50. The van der Waals surface area contributed by atoms with Gasteiger partial charge < -0.3 is 15.5 Å². The number of hydrogen-bond donors (Lipinski definition) is 2. The van der Waals surface area contributed by atoms with Gasteiger partial charge in [0.15, 0.2) is 0 Å². The Morgan fingerprint density at radius 3 is 2.39 bits per heavy atom. The molecule has 1 heterocycles. The van der Waals surface area contributed by atoms with E-state index >= 15 is 0 Å². The fourth-order valence-electron chi connectivity index (χ4n) is 5.17. The number of nitrogens with zero attached hydrogens (tertiary/aromatic N) is 1. The van der Waals surface area contributed by atoms with E-state index in [-0.39, 0.29) is 23.7 Å². The van der Waals surface area contributed by atoms with Gasteiger partial charge in [-0.3, -0.25) is 9.59 Å². The molecule has 0 spiro atoms. The summed E-state index contributed by atoms with van der Waals surface area (Å²) < 4.78 is 0. The van der Waals surface area contributed by atoms with Crippen LogP contribution in [0.3, 0.4) is 0 Å². The number of fused-ring (bicyclic) bond motifs is 1. The van der Waals surface area contributed by atoms with Crippen LogP contribution in [-0.2, 0) is 29.0 Å². The molecule has 0 aromatic heterocycles. The summed E-state index contributed by atoms with van der Waals surface area (Å²) in [6.07, 6.45) is 4.01. The van der Waals surface area contributed by atoms with E-state index in [2.05, 4.69) is 72.7 Å². The SMILES string of the molecule is Cc1ccc(CNC(=O)[C@H]2C[C@@H](C(=O)Nc3ccc4c(c3)CCC4)CN(CC(C)C)C2)cc1. The van der Waals surface area contributed by atoms with Crippen molar-refractivity contribution < 1.29 is 9.59 Å². The highest BCUT2D eigenvalue weighted by molar-refractivity contribution is 5.93. The van der Waals surface area contributed by atoms with Crippen molar-refractivity contribution in [3.8, 4) is 0 Å². The largest absolute Gasteiger partial charge is 0.352 e. The Morgan fingerprint density at radius 2 is 1.67 bits per heavy atom. The van der Waals surface area contributed by atoms with Crippen LogP contribution in [0.5, 0.6) is 0 Å². The van der Waals surface area contributed by atoms with E-state index < -0.39 is 0 Å². The third kappa shape index (κ3) is 6.23. The number of amides is 2. The smallest absolute Gasteiger partial charge is 0.228 e. The fourth-order valence-corrected chi connectivity index (χ4v) is 5.17. The van der Waals surface area contributed by atoms with Gasteiger partial charge in [-0.25, -0.2) is 0 Å². The summed E-state index contributed by atoms with van der Waals surface area (Å²) in [5, 5.41) is 6.24. The van der Waals surface area contributed by atoms with Gasteiger partial charge in [-0.15, -0.1) is 0 Å². The van der Waals surface area contributed by atoms with Gasteiger partial charge in [0.05, 0.1) is 11.8 Å². The number of benzene rings is 2. The number of carbonyl (C=O) groups is 2. The molecule has 2 aliphatic rings. The Kier molecular flexibility index (Phi) is 7.49. The standard InChI is InChI=1S/C28H37N3O2/c1-19(2)16-31-17-24(27(32)29-15-21-9-7-20(3)8-10-21)13-25(18-31)28(33)30-26-12-11-22-5-4-6-23(22)14-26/h7-12,14,19,24-25H,4-6,13,15-18H2,1-3H3,(H,29,32)(H,30,33)/t24-,25+/m0/s1. The second-order valence-electron chi connectivity index (χ2n) is 10.3. The number of likely N-dealkylation sites (tertiary alicyclic amines) is 1. The van der Waals surface area contributed by atoms with E-state index in [0.29, 0.717) is 32.0 Å². The first-order chi connectivity index (χ1) is 15.9. The fraction of sp³-hybridized carbons (Fsp3) is 0.500. The summed E-state index contributed by atoms with van der Waals surface area (Å²) in [4.78, 5) is 28.6. The molecule has 1 saturated heterocycles. The van der Waals surface area contributed by atoms with Crippen LogP contribution < -0.4 is 10.6 Å². The lowest BCUT2D eigenvalue weighted by Gasteiger charge is -2.37. The summed E-state index contributed by atoms with van der Waals surface area (Å²) in [5.41, 5.74) is 5.93. The Morgan fingerprint density at radius 1 is 0.970 bits per heavy atom. The number of aryl methyl sites for hydroxylation is 3. The minimum Gasteiger partial charge on any atom is -0.352 e. The lowest BCUT2D eigenvalue weighted by molar-refractivity contribution is -0.130. The van der Waals surface area contributed by atoms with Gasteiger partial charge in [-0.2, -0.15) is 0 Å². The van der Waals surface area contributed by atoms with Crippen molar-refractivity contribution >= 4 is 17.5 Å². The molecule has 2 N–H and O–H groups in total. The Balaban J connectivity index is 1.40. The second-order valence-corrected chi connectivity index (χ2v) is 10.3. The zero-order valence-corrected chi connectivity index (χ0v) is 20.2. The molecule has 5 heteroatoms. The first-order valence-corrected chi connectivity index (χ1v) is 12.4. The Labute approximate surface area is 197 Å². The molecule has 1 fully saturated rings. The predicted octanol–water partition coefficient (Wildman–Crippen LogP) is 4.33. The predicted molar refractivity (Wildman–Crippen MR) is 133 cm³/mol. The first kappa shape index (κ1) is 23.5. The van der Waals surface area contributed by atoms with Gasteiger partial charge >= 0.3 is 0 Å². The minimum atomic E-state index is -0.194. The number of hydrogen-bond acceptors (Lipinski definition) is 3. The highest BCUT2D eigenvalue weighted by atomic mass is 16.2. The van der Waals surface area contributed by atoms with Gasteiger partial charge in [0.2, 0.25) is 11.8 Å². The highest BCUT2D eigenvalue weighted by Gasteiger charge is 2.35. The number of rotatable bonds is 7. The average Bonchev–Trinajstić information content (AvgIpc) is 3.25. The molecule has 0 saturated carbocycles. The molecule has 2 atom stereocenters. The number of carbonyl (C=O) groups excluding carboxylic acids is 2. The molecule has 4 rings (SSSR count). The maximum absolute atomic E-state index is 13.2. The third-order valence-electron chi connectivity index (χ3n) is 6.84. The monoisotopic (exact) mass is 447 g/mol. The van der Waals surface area contributed by atoms with Crippen molar-refractivity contribution in [3.05, 3.63) is 64.7 Å². The molecule has 0 unspecified atom stereocenters. The first-order valence-electron chi connectivity index (χ1n) is 12.4. The zero-order chi connectivity index (χ0) is 23.4. The van der Waals surface area contributed by atoms with Crippen LogP contribution in [0.15, 0.2) is 42.5 Å². The van der Waals surface area contributed by atoms with Gasteiger partial charge in [-0.1, -0.05) is 49.7 Å². The molecule has 5 nitrogen and oxygen atoms in total. The van der Waals surface area contributed by atoms with Crippen molar-refractivity contribution in [2.75, 3.05) is 25.0 Å². The molecule has 0 bridgehead atoms. The van der Waals surface area contributed by atoms with E-state index in [9.17, 15) is 9.59 Å². The average molecular weight is 448 g/mol. The summed E-state index contributed by atoms with van der Waals surface area (Å²) in [5.74, 6) is 0.177. The van der Waals surface area contributed by atoms with Crippen molar-refractivity contribution in [2.45, 2.75) is 53.0 Å². The summed E-state index contributed by atoms with van der Waals surface area (Å²) >= 11 is 0. The highest BCUT2D eigenvalue weighted by Crippen LogP contribution is 2.27. The molecular weight excluding hydrogens is 410 g/mol. The quantitative estimate of drug-likeness (QED) is 0.664. The van der Waals surface area contributed by atoms with Gasteiger partial charge in [0.25, 0.3) is 0 Å². The zero-order valence-electron chi connectivity index (χ0n) is 20.2. The Bertz CT molecular complexity index is 983. The Hall–Kier alpha value is -2.66. The van der Waals surface area contributed by atoms with Crippen molar-refractivity contribution in [2.24, 2.45) is 17.8 Å². The molecular formula is C28H37N3O2. The van der Waals surface area contributed by atoms with Crippen LogP contribution in [-0.4, -0.2) is 36.3 Å². The van der Waals surface area contributed by atoms with Crippen LogP contribution in [0.4, 0.5) is 5.69 Å². The van der Waals surface area contributed by atoms with E-state index in [1.165, 1.54) is 23.1 Å². The molecule has 1 aliphatic carbocycles. The van der Waals surface area contributed by atoms with E-state index in [4.69, 9.17) is 0 Å². The molecule has 33 heavy (non-hydrogen) atoms. The molecule has 0 radical (unpaired) electrons. The number of anilines is 1. The van der Waals surface area contributed by atoms with E-state index in [1.807, 2.05) is 6.07 Å². The molecule has 2 aromatic carbocycles. The van der Waals surface area contributed by atoms with Crippen molar-refractivity contribution in [1.29, 1.82) is 0 Å². The number of piperidine rings is 1. The maximum atomic E-state index is 13.2. The lowest BCUT2D eigenvalue weighted by atomic mass is 9.87. The van der Waals surface area contributed by atoms with Crippen LogP contribution in [0.2, 0.25) is 0 Å². The molecule has 1 aliphatic heterocycles. The minimum absolute atomic E-state index is 0.0257. The van der Waals surface area contributed by atoms with Crippen LogP contribution in [0.25, 0.3) is 0 Å². The molecule has 2 amide bonds. The second kappa shape index (κ2) is 10.5. The summed E-state index contributed by atoms with van der Waals surface area (Å²) in [7, 11) is 0. The van der Waals surface area contributed by atoms with E-state index in [1.54, 1.807) is 0 Å². The summed E-state index contributed by atoms with van der Waals surface area (Å²) in [6.45, 7) is 9.25. The third-order valence-corrected chi connectivity index (χ3v) is 6.84. The van der Waals surface area contributed by atoms with Crippen LogP contribution in [0, 0.1) is 24.7 Å². The van der Waals surface area contributed by atoms with Crippen molar-refractivity contribution in [3.63, 3.8) is 0 Å². The van der Waals surface area contributed by atoms with Gasteiger partial charge in [0.1, 0.15) is 0 Å². The molecule has 176 valence electrons. The number of nitrogens with one attached hydrogen (secondary N) is 2. The van der Waals surface area contributed by atoms with E-state index in [0.717, 1.165) is 30.6 Å². The molecule has 2 aromatic rings. The van der Waals surface area contributed by atoms with Crippen molar-refractivity contribution in [1.82, 2.24) is 10.2 Å².